The van der Waals surface area contributed by atoms with E-state index in [1.165, 1.54) is 0 Å². The summed E-state index contributed by atoms with van der Waals surface area (Å²) < 4.78 is 9.13. The predicted molar refractivity (Wildman–Crippen MR) is 32.1 cm³/mol. The van der Waals surface area contributed by atoms with Crippen molar-refractivity contribution in [2.75, 3.05) is 20.8 Å². The van der Waals surface area contributed by atoms with Crippen LogP contribution in [0.15, 0.2) is 0 Å². The molecule has 2 nitrogen and oxygen atoms in total. The van der Waals surface area contributed by atoms with Crippen molar-refractivity contribution in [3.05, 3.63) is 6.61 Å². The fourth-order valence-corrected chi connectivity index (χ4v) is 0.136. The maximum atomic E-state index is 4.60. The van der Waals surface area contributed by atoms with Crippen molar-refractivity contribution < 1.29 is 23.2 Å². The summed E-state index contributed by atoms with van der Waals surface area (Å²) in [6, 6.07) is 0. The van der Waals surface area contributed by atoms with Gasteiger partial charge in [-0.1, -0.05) is 6.61 Å². The predicted octanol–water partition coefficient (Wildman–Crippen LogP) is 1.28. The summed E-state index contributed by atoms with van der Waals surface area (Å²) in [4.78, 5) is 0. The molecule has 0 fully saturated rings. The van der Waals surface area contributed by atoms with Crippen LogP contribution in [0.2, 0.25) is 0 Å². The first-order valence-electron chi connectivity index (χ1n) is 1.87. The third-order valence-electron chi connectivity index (χ3n) is 0.401. The molecule has 0 rings (SSSR count). The van der Waals surface area contributed by atoms with Crippen LogP contribution in [0.4, 0.5) is 0 Å². The van der Waals surface area contributed by atoms with Crippen LogP contribution in [0, 0.1) is 6.61 Å². The Morgan fingerprint density at radius 2 is 2.00 bits per heavy atom. The van der Waals surface area contributed by atoms with E-state index >= 15 is 0 Å². The average Bonchev–Trinajstić information content (AvgIpc) is 1.88. The Bertz CT molecular complexity index is 26.0. The van der Waals surface area contributed by atoms with Gasteiger partial charge in [0.1, 0.15) is 0 Å². The monoisotopic (exact) mass is 226 g/mol. The van der Waals surface area contributed by atoms with Gasteiger partial charge in [0.15, 0.2) is 0 Å². The number of rotatable bonds is 3. The first-order chi connectivity index (χ1) is 3.91. The van der Waals surface area contributed by atoms with Gasteiger partial charge in [0, 0.05) is 7.11 Å². The summed E-state index contributed by atoms with van der Waals surface area (Å²) in [7, 11) is 3.22. The van der Waals surface area contributed by atoms with Gasteiger partial charge in [-0.25, -0.2) is 0 Å². The standard InChI is InChI=1S/C4H9O2.BrH.Ni/c1-5-3-4-6-2;;/h3H,4H2,1-2H3;1H;/q-1;;+1/p-1. The first kappa shape index (κ1) is 11.7. The summed E-state index contributed by atoms with van der Waals surface area (Å²) >= 11 is 6.25. The Labute approximate surface area is 65.1 Å². The molecule has 0 aromatic heterocycles. The van der Waals surface area contributed by atoms with Crippen molar-refractivity contribution in [1.82, 2.24) is 0 Å². The topological polar surface area (TPSA) is 18.5 Å². The number of ether oxygens (including phenoxy) is 2. The zero-order valence-electron chi connectivity index (χ0n) is 4.80. The van der Waals surface area contributed by atoms with Crippen LogP contribution in [-0.2, 0) is 23.2 Å². The van der Waals surface area contributed by atoms with E-state index in [0.717, 1.165) is 0 Å². The van der Waals surface area contributed by atoms with Crippen molar-refractivity contribution in [3.63, 3.8) is 0 Å². The number of halogens is 1. The van der Waals surface area contributed by atoms with E-state index in [1.807, 2.05) is 0 Å². The molecule has 0 amide bonds. The van der Waals surface area contributed by atoms with Gasteiger partial charge in [-0.05, 0) is 7.11 Å². The Hall–Kier alpha value is 0.894. The third kappa shape index (κ3) is 15.8. The van der Waals surface area contributed by atoms with Crippen molar-refractivity contribution in [3.8, 4) is 0 Å². The van der Waals surface area contributed by atoms with Crippen LogP contribution in [0.1, 0.15) is 0 Å². The summed E-state index contributed by atoms with van der Waals surface area (Å²) in [6.45, 7) is 2.15. The summed E-state index contributed by atoms with van der Waals surface area (Å²) in [6.07, 6.45) is 0. The molecule has 0 bridgehead atoms. The minimum atomic E-state index is 0.566. The molecule has 4 heteroatoms. The van der Waals surface area contributed by atoms with Gasteiger partial charge in [-0.3, -0.25) is 0 Å². The van der Waals surface area contributed by atoms with Crippen molar-refractivity contribution >= 4 is 14.2 Å². The average molecular weight is 228 g/mol. The second kappa shape index (κ2) is 15.7. The first-order valence-corrected chi connectivity index (χ1v) is 4.31. The quantitative estimate of drug-likeness (QED) is 0.411. The van der Waals surface area contributed by atoms with Gasteiger partial charge in [0.05, 0.1) is 0 Å². The number of hydrogen-bond acceptors (Lipinski definition) is 2. The van der Waals surface area contributed by atoms with Gasteiger partial charge in [-0.2, -0.15) is 6.61 Å². The van der Waals surface area contributed by atoms with Crippen LogP contribution in [0.25, 0.3) is 0 Å². The van der Waals surface area contributed by atoms with Crippen molar-refractivity contribution in [2.45, 2.75) is 0 Å². The molecule has 0 atom stereocenters. The van der Waals surface area contributed by atoms with Gasteiger partial charge in [0.2, 0.25) is 0 Å². The van der Waals surface area contributed by atoms with Crippen LogP contribution in [0.3, 0.4) is 0 Å². The van der Waals surface area contributed by atoms with E-state index in [9.17, 15) is 0 Å². The molecule has 0 heterocycles. The van der Waals surface area contributed by atoms with Crippen LogP contribution >= 0.6 is 14.2 Å². The summed E-state index contributed by atoms with van der Waals surface area (Å²) in [5.74, 6) is 0. The van der Waals surface area contributed by atoms with Crippen molar-refractivity contribution in [2.24, 2.45) is 0 Å². The van der Waals surface area contributed by atoms with E-state index in [0.29, 0.717) is 6.61 Å². The minimum absolute atomic E-state index is 0.566. The molecule has 0 unspecified atom stereocenters. The Morgan fingerprint density at radius 3 is 2.12 bits per heavy atom. The van der Waals surface area contributed by atoms with Crippen LogP contribution in [-0.4, -0.2) is 20.8 Å². The van der Waals surface area contributed by atoms with Gasteiger partial charge in [-0.15, -0.1) is 0 Å². The van der Waals surface area contributed by atoms with Gasteiger partial charge >= 0.3 is 27.9 Å². The number of methoxy groups -OCH3 is 2. The molecule has 55 valence electrons. The molecular weight excluding hydrogens is 219 g/mol. The fourth-order valence-electron chi connectivity index (χ4n) is 0.136. The van der Waals surface area contributed by atoms with E-state index in [4.69, 9.17) is 0 Å². The van der Waals surface area contributed by atoms with E-state index < -0.39 is 0 Å². The SMILES string of the molecule is CO[CH-]COC.[Ni][Br]. The zero-order chi connectivity index (χ0) is 6.83. The Morgan fingerprint density at radius 1 is 1.50 bits per heavy atom. The summed E-state index contributed by atoms with van der Waals surface area (Å²) in [5.41, 5.74) is 0. The molecular formula is C4H9BrNiO2-. The zero-order valence-corrected chi connectivity index (χ0v) is 7.37. The van der Waals surface area contributed by atoms with Crippen LogP contribution in [0.5, 0.6) is 0 Å². The molecule has 0 aliphatic rings. The molecule has 0 aliphatic carbocycles. The molecule has 0 saturated carbocycles. The number of hydrogen-bond donors (Lipinski definition) is 0. The molecule has 0 aromatic rings. The molecule has 0 N–H and O–H groups in total. The second-order valence-electron chi connectivity index (χ2n) is 0.858. The fraction of sp³-hybridized carbons (Fsp3) is 0.750. The molecule has 0 aliphatic heterocycles. The molecule has 0 saturated heterocycles. The molecule has 0 radical (unpaired) electrons. The van der Waals surface area contributed by atoms with Crippen molar-refractivity contribution in [1.29, 1.82) is 0 Å². The molecule has 0 aromatic carbocycles. The molecule has 0 spiro atoms. The normalized spacial score (nSPS) is 7.62. The summed E-state index contributed by atoms with van der Waals surface area (Å²) in [5, 5.41) is 0. The molecule has 8 heavy (non-hydrogen) atoms. The van der Waals surface area contributed by atoms with Gasteiger partial charge in [0.25, 0.3) is 0 Å². The van der Waals surface area contributed by atoms with E-state index in [-0.39, 0.29) is 0 Å². The van der Waals surface area contributed by atoms with Crippen LogP contribution < -0.4 is 0 Å². The maximum absolute atomic E-state index is 4.60. The Kier molecular flexibility index (Phi) is 22.8. The third-order valence-corrected chi connectivity index (χ3v) is 0.401. The van der Waals surface area contributed by atoms with E-state index in [2.05, 4.69) is 37.4 Å². The van der Waals surface area contributed by atoms with E-state index in [1.54, 1.807) is 20.8 Å². The van der Waals surface area contributed by atoms with Gasteiger partial charge < -0.3 is 9.47 Å². The Balaban J connectivity index is 0. The second-order valence-corrected chi connectivity index (χ2v) is 0.858.